The second-order valence-corrected chi connectivity index (χ2v) is 15.8. The van der Waals surface area contributed by atoms with Crippen LogP contribution in [0.3, 0.4) is 0 Å². The molecule has 7 nitrogen and oxygen atoms in total. The molecule has 0 amide bonds. The van der Waals surface area contributed by atoms with Crippen LogP contribution in [0.1, 0.15) is 34.6 Å². The van der Waals surface area contributed by atoms with Gasteiger partial charge in [0.25, 0.3) is 0 Å². The smallest absolute Gasteiger partial charge is 0.408 e. The highest BCUT2D eigenvalue weighted by atomic mass is 31.2. The lowest BCUT2D eigenvalue weighted by Gasteiger charge is -2.47. The van der Waals surface area contributed by atoms with Crippen LogP contribution in [-0.4, -0.2) is 66.7 Å². The van der Waals surface area contributed by atoms with Gasteiger partial charge in [0, 0.05) is 0 Å². The lowest BCUT2D eigenvalue weighted by molar-refractivity contribution is -0.290. The van der Waals surface area contributed by atoms with E-state index in [4.69, 9.17) is 18.6 Å². The third-order valence-corrected chi connectivity index (χ3v) is 10.8. The number of halogens is 3. The Labute approximate surface area is 164 Å². The van der Waals surface area contributed by atoms with E-state index in [1.165, 1.54) is 13.8 Å². The van der Waals surface area contributed by atoms with Crippen molar-refractivity contribution in [3.63, 3.8) is 0 Å². The fourth-order valence-electron chi connectivity index (χ4n) is 3.16. The maximum Gasteiger partial charge on any atom is 0.417 e. The molecule has 0 spiro atoms. The number of ether oxygens (including phenoxy) is 3. The molecule has 0 aliphatic carbocycles. The molecule has 2 aliphatic heterocycles. The Morgan fingerprint density at radius 2 is 1.61 bits per heavy atom. The van der Waals surface area contributed by atoms with E-state index in [0.29, 0.717) is 0 Å². The first-order valence-electron chi connectivity index (χ1n) is 9.04. The molecule has 2 rings (SSSR count). The summed E-state index contributed by atoms with van der Waals surface area (Å²) in [7, 11) is -7.21. The summed E-state index contributed by atoms with van der Waals surface area (Å²) in [5, 5.41) is -0.287. The summed E-state index contributed by atoms with van der Waals surface area (Å²) >= 11 is 0. The summed E-state index contributed by atoms with van der Waals surface area (Å²) in [6, 6.07) is 0. The van der Waals surface area contributed by atoms with Crippen LogP contribution in [0.25, 0.3) is 0 Å². The van der Waals surface area contributed by atoms with Crippen LogP contribution in [0.5, 0.6) is 0 Å². The highest BCUT2D eigenvalue weighted by molar-refractivity contribution is 7.51. The average Bonchev–Trinajstić information content (AvgIpc) is 2.72. The van der Waals surface area contributed by atoms with Gasteiger partial charge in [-0.2, -0.15) is 13.2 Å². The number of fused-ring (bicyclic) bond motifs is 1. The summed E-state index contributed by atoms with van der Waals surface area (Å²) in [4.78, 5) is 18.8. The van der Waals surface area contributed by atoms with Gasteiger partial charge < -0.3 is 28.4 Å². The Morgan fingerprint density at radius 3 is 2.04 bits per heavy atom. The Balaban J connectivity index is 2.47. The minimum Gasteiger partial charge on any atom is -0.408 e. The predicted molar refractivity (Wildman–Crippen MR) is 97.5 cm³/mol. The minimum absolute atomic E-state index is 0.287. The van der Waals surface area contributed by atoms with E-state index in [-0.39, 0.29) is 5.04 Å². The molecule has 0 saturated carbocycles. The van der Waals surface area contributed by atoms with Crippen LogP contribution in [0, 0.1) is 0 Å². The Hall–Kier alpha value is -0.00312. The summed E-state index contributed by atoms with van der Waals surface area (Å²) < 4.78 is 75.1. The van der Waals surface area contributed by atoms with Crippen molar-refractivity contribution in [2.45, 2.75) is 95.2 Å². The normalized spacial score (nSPS) is 34.4. The highest BCUT2D eigenvalue weighted by Gasteiger charge is 2.64. The van der Waals surface area contributed by atoms with Gasteiger partial charge in [-0.3, -0.25) is 4.57 Å². The first-order chi connectivity index (χ1) is 12.2. The Kier molecular flexibility index (Phi) is 6.33. The monoisotopic (exact) mass is 450 g/mol. The van der Waals surface area contributed by atoms with Gasteiger partial charge in [-0.05, 0) is 32.0 Å². The first kappa shape index (κ1) is 24.3. The molecule has 28 heavy (non-hydrogen) atoms. The van der Waals surface area contributed by atoms with Crippen molar-refractivity contribution in [2.75, 3.05) is 6.16 Å². The number of hydrogen-bond acceptors (Lipinski definition) is 5. The number of alkyl halides is 3. The van der Waals surface area contributed by atoms with E-state index in [9.17, 15) is 27.5 Å². The zero-order valence-corrected chi connectivity index (χ0v) is 19.0. The zero-order chi connectivity index (χ0) is 21.9. The molecule has 2 N–H and O–H groups in total. The fourth-order valence-corrected chi connectivity index (χ4v) is 5.25. The van der Waals surface area contributed by atoms with Gasteiger partial charge in [-0.25, -0.2) is 0 Å². The standard InChI is InChI=1S/C16H30F3O7PSi/c1-14(2,3)28(6,7)26-10-9(8-27(20,21)22)23-13(16(17,18)19)12-11(10)24-15(4,5)25-12/h9-13H,8H2,1-7H3,(H2,20,21,22)/t9-,10-,11+,12+,13-/m1/s1. The minimum atomic E-state index is -4.79. The van der Waals surface area contributed by atoms with E-state index in [1.54, 1.807) is 0 Å². The molecule has 2 aliphatic rings. The van der Waals surface area contributed by atoms with Crippen LogP contribution >= 0.6 is 7.60 Å². The van der Waals surface area contributed by atoms with E-state index in [0.717, 1.165) is 0 Å². The number of hydrogen-bond donors (Lipinski definition) is 2. The van der Waals surface area contributed by atoms with Crippen LogP contribution in [-0.2, 0) is 23.2 Å². The molecule has 5 atom stereocenters. The zero-order valence-electron chi connectivity index (χ0n) is 17.1. The number of rotatable bonds is 4. The van der Waals surface area contributed by atoms with Crippen LogP contribution < -0.4 is 0 Å². The predicted octanol–water partition coefficient (Wildman–Crippen LogP) is 3.40. The summed E-state index contributed by atoms with van der Waals surface area (Å²) in [5.74, 6) is -1.31. The van der Waals surface area contributed by atoms with Gasteiger partial charge in [0.05, 0.1) is 12.3 Å². The van der Waals surface area contributed by atoms with Crippen molar-refractivity contribution in [1.29, 1.82) is 0 Å². The molecule has 166 valence electrons. The molecule has 0 aromatic heterocycles. The van der Waals surface area contributed by atoms with Gasteiger partial charge in [-0.15, -0.1) is 0 Å². The van der Waals surface area contributed by atoms with Gasteiger partial charge >= 0.3 is 13.8 Å². The van der Waals surface area contributed by atoms with Crippen LogP contribution in [0.15, 0.2) is 0 Å². The fraction of sp³-hybridized carbons (Fsp3) is 1.00. The molecule has 0 aromatic carbocycles. The van der Waals surface area contributed by atoms with Gasteiger partial charge in [0.2, 0.25) is 0 Å². The van der Waals surface area contributed by atoms with Gasteiger partial charge in [0.15, 0.2) is 20.2 Å². The maximum atomic E-state index is 13.6. The van der Waals surface area contributed by atoms with E-state index in [2.05, 4.69) is 0 Å². The van der Waals surface area contributed by atoms with Gasteiger partial charge in [-0.1, -0.05) is 20.8 Å². The lowest BCUT2D eigenvalue weighted by Crippen LogP contribution is -2.64. The van der Waals surface area contributed by atoms with Crippen molar-refractivity contribution < 1.29 is 46.2 Å². The molecular weight excluding hydrogens is 420 g/mol. The van der Waals surface area contributed by atoms with Crippen molar-refractivity contribution in [2.24, 2.45) is 0 Å². The molecule has 0 radical (unpaired) electrons. The third-order valence-electron chi connectivity index (χ3n) is 5.45. The van der Waals surface area contributed by atoms with Crippen molar-refractivity contribution in [3.8, 4) is 0 Å². The summed E-state index contributed by atoms with van der Waals surface area (Å²) in [6.45, 7) is 12.6. The second-order valence-electron chi connectivity index (χ2n) is 9.39. The summed E-state index contributed by atoms with van der Waals surface area (Å²) in [5.41, 5.74) is 0. The first-order valence-corrected chi connectivity index (χ1v) is 13.7. The van der Waals surface area contributed by atoms with Crippen LogP contribution in [0.2, 0.25) is 18.1 Å². The largest absolute Gasteiger partial charge is 0.417 e. The Morgan fingerprint density at radius 1 is 1.11 bits per heavy atom. The molecule has 2 saturated heterocycles. The molecule has 2 fully saturated rings. The Bertz CT molecular complexity index is 629. The topological polar surface area (TPSA) is 94.5 Å². The highest BCUT2D eigenvalue weighted by Crippen LogP contribution is 2.48. The molecular formula is C16H30F3O7PSi. The van der Waals surface area contributed by atoms with Crippen molar-refractivity contribution in [3.05, 3.63) is 0 Å². The molecule has 2 heterocycles. The molecule has 12 heteroatoms. The molecule has 0 bridgehead atoms. The molecule has 0 unspecified atom stereocenters. The third kappa shape index (κ3) is 5.37. The van der Waals surface area contributed by atoms with Gasteiger partial charge in [0.1, 0.15) is 18.3 Å². The second kappa shape index (κ2) is 7.30. The average molecular weight is 450 g/mol. The van der Waals surface area contributed by atoms with Crippen LogP contribution in [0.4, 0.5) is 13.2 Å². The van der Waals surface area contributed by atoms with E-state index >= 15 is 0 Å². The lowest BCUT2D eigenvalue weighted by atomic mass is 9.95. The van der Waals surface area contributed by atoms with Crippen molar-refractivity contribution >= 4 is 15.9 Å². The summed E-state index contributed by atoms with van der Waals surface area (Å²) in [6.07, 6.45) is -13.3. The molecule has 0 aromatic rings. The maximum absolute atomic E-state index is 13.6. The van der Waals surface area contributed by atoms with E-state index in [1.807, 2.05) is 33.9 Å². The SMILES string of the molecule is CC1(C)O[C@@H]2[C@H](O1)[C@H](C(F)(F)F)O[C@H](CP(=O)(O)O)[C@H]2O[Si](C)(C)C(C)(C)C. The van der Waals surface area contributed by atoms with Crippen molar-refractivity contribution in [1.82, 2.24) is 0 Å². The quantitative estimate of drug-likeness (QED) is 0.501. The van der Waals surface area contributed by atoms with E-state index < -0.39 is 64.6 Å².